The van der Waals surface area contributed by atoms with Gasteiger partial charge in [-0.2, -0.15) is 0 Å². The SMILES string of the molecule is COc1ccc(-c2nc(C(=O)N3CCC[C@H]3c3ccc4c(c3)OCCCO4)cs2)cc1. The van der Waals surface area contributed by atoms with Crippen molar-refractivity contribution < 1.29 is 19.0 Å². The number of ether oxygens (including phenoxy) is 3. The molecule has 2 aliphatic heterocycles. The van der Waals surface area contributed by atoms with Gasteiger partial charge in [0.25, 0.3) is 5.91 Å². The molecule has 7 heteroatoms. The monoisotopic (exact) mass is 436 g/mol. The Balaban J connectivity index is 1.37. The van der Waals surface area contributed by atoms with Gasteiger partial charge < -0.3 is 19.1 Å². The maximum atomic E-state index is 13.3. The average molecular weight is 437 g/mol. The number of carbonyl (C=O) groups excluding carboxylic acids is 1. The van der Waals surface area contributed by atoms with Gasteiger partial charge in [0.05, 0.1) is 26.4 Å². The second kappa shape index (κ2) is 8.59. The molecule has 1 fully saturated rings. The maximum absolute atomic E-state index is 13.3. The summed E-state index contributed by atoms with van der Waals surface area (Å²) in [4.78, 5) is 19.9. The molecule has 1 atom stereocenters. The maximum Gasteiger partial charge on any atom is 0.273 e. The van der Waals surface area contributed by atoms with Crippen LogP contribution in [-0.4, -0.2) is 42.7 Å². The van der Waals surface area contributed by atoms with Crippen LogP contribution < -0.4 is 14.2 Å². The molecule has 5 rings (SSSR count). The smallest absolute Gasteiger partial charge is 0.273 e. The van der Waals surface area contributed by atoms with Crippen LogP contribution in [0, 0.1) is 0 Å². The van der Waals surface area contributed by atoms with Gasteiger partial charge in [-0.1, -0.05) is 6.07 Å². The highest BCUT2D eigenvalue weighted by Gasteiger charge is 2.32. The number of thiazole rings is 1. The lowest BCUT2D eigenvalue weighted by atomic mass is 10.0. The molecule has 160 valence electrons. The number of benzene rings is 2. The zero-order valence-corrected chi connectivity index (χ0v) is 18.2. The van der Waals surface area contributed by atoms with Gasteiger partial charge >= 0.3 is 0 Å². The van der Waals surface area contributed by atoms with Crippen molar-refractivity contribution in [2.24, 2.45) is 0 Å². The fraction of sp³-hybridized carbons (Fsp3) is 0.333. The number of amides is 1. The van der Waals surface area contributed by atoms with E-state index in [4.69, 9.17) is 14.2 Å². The summed E-state index contributed by atoms with van der Waals surface area (Å²) in [6, 6.07) is 13.8. The quantitative estimate of drug-likeness (QED) is 0.579. The van der Waals surface area contributed by atoms with Gasteiger partial charge in [0.2, 0.25) is 0 Å². The van der Waals surface area contributed by atoms with Crippen LogP contribution in [0.3, 0.4) is 0 Å². The van der Waals surface area contributed by atoms with Gasteiger partial charge in [0.15, 0.2) is 11.5 Å². The Morgan fingerprint density at radius 1 is 1.10 bits per heavy atom. The normalized spacial score (nSPS) is 18.0. The highest BCUT2D eigenvalue weighted by atomic mass is 32.1. The first-order chi connectivity index (χ1) is 15.2. The van der Waals surface area contributed by atoms with Crippen LogP contribution in [0.4, 0.5) is 0 Å². The number of hydrogen-bond acceptors (Lipinski definition) is 6. The minimum atomic E-state index is -0.0226. The first-order valence-electron chi connectivity index (χ1n) is 10.5. The number of hydrogen-bond donors (Lipinski definition) is 0. The second-order valence-corrected chi connectivity index (χ2v) is 8.54. The summed E-state index contributed by atoms with van der Waals surface area (Å²) in [7, 11) is 1.64. The predicted molar refractivity (Wildman–Crippen MR) is 119 cm³/mol. The number of rotatable bonds is 4. The standard InChI is InChI=1S/C24H24N2O4S/c1-28-18-8-5-16(6-9-18)23-25-19(15-31-23)24(27)26-11-2-4-20(26)17-7-10-21-22(14-17)30-13-3-12-29-21/h5-10,14-15,20H,2-4,11-13H2,1H3/t20-/m0/s1. The lowest BCUT2D eigenvalue weighted by Gasteiger charge is -2.25. The predicted octanol–water partition coefficient (Wildman–Crippen LogP) is 4.96. The van der Waals surface area contributed by atoms with Crippen LogP contribution in [0.2, 0.25) is 0 Å². The molecule has 3 heterocycles. The summed E-state index contributed by atoms with van der Waals surface area (Å²) < 4.78 is 16.8. The zero-order valence-electron chi connectivity index (χ0n) is 17.4. The van der Waals surface area contributed by atoms with Gasteiger partial charge in [-0.15, -0.1) is 11.3 Å². The number of carbonyl (C=O) groups is 1. The molecule has 2 aromatic carbocycles. The van der Waals surface area contributed by atoms with Crippen molar-refractivity contribution in [2.75, 3.05) is 26.9 Å². The molecule has 0 spiro atoms. The summed E-state index contributed by atoms with van der Waals surface area (Å²) >= 11 is 1.49. The van der Waals surface area contributed by atoms with Crippen molar-refractivity contribution in [3.05, 3.63) is 59.1 Å². The van der Waals surface area contributed by atoms with Crippen LogP contribution in [0.15, 0.2) is 47.8 Å². The molecule has 6 nitrogen and oxygen atoms in total. The van der Waals surface area contributed by atoms with E-state index < -0.39 is 0 Å². The van der Waals surface area contributed by atoms with Gasteiger partial charge in [0, 0.05) is 23.9 Å². The van der Waals surface area contributed by atoms with E-state index in [0.29, 0.717) is 18.9 Å². The molecule has 0 radical (unpaired) electrons. The third kappa shape index (κ3) is 3.97. The van der Waals surface area contributed by atoms with Crippen molar-refractivity contribution >= 4 is 17.2 Å². The van der Waals surface area contributed by atoms with E-state index >= 15 is 0 Å². The van der Waals surface area contributed by atoms with E-state index in [1.807, 2.05) is 52.7 Å². The number of nitrogens with zero attached hydrogens (tertiary/aromatic N) is 2. The number of aromatic nitrogens is 1. The van der Waals surface area contributed by atoms with Crippen molar-refractivity contribution in [3.63, 3.8) is 0 Å². The largest absolute Gasteiger partial charge is 0.497 e. The Bertz CT molecular complexity index is 1080. The van der Waals surface area contributed by atoms with Crippen LogP contribution >= 0.6 is 11.3 Å². The van der Waals surface area contributed by atoms with Crippen molar-refractivity contribution in [1.82, 2.24) is 9.88 Å². The number of likely N-dealkylation sites (tertiary alicyclic amines) is 1. The molecule has 1 amide bonds. The lowest BCUT2D eigenvalue weighted by molar-refractivity contribution is 0.0730. The summed E-state index contributed by atoms with van der Waals surface area (Å²) in [6.07, 6.45) is 2.78. The summed E-state index contributed by atoms with van der Waals surface area (Å²) in [5.41, 5.74) is 2.56. The second-order valence-electron chi connectivity index (χ2n) is 7.68. The molecule has 0 N–H and O–H groups in total. The highest BCUT2D eigenvalue weighted by Crippen LogP contribution is 2.39. The van der Waals surface area contributed by atoms with Gasteiger partial charge in [0.1, 0.15) is 16.5 Å². The topological polar surface area (TPSA) is 60.9 Å². The summed E-state index contributed by atoms with van der Waals surface area (Å²) in [6.45, 7) is 2.05. The van der Waals surface area contributed by atoms with Gasteiger partial charge in [-0.25, -0.2) is 4.98 Å². The average Bonchev–Trinajstić information content (AvgIpc) is 3.44. The molecule has 1 aromatic heterocycles. The van der Waals surface area contributed by atoms with Crippen molar-refractivity contribution in [3.8, 4) is 27.8 Å². The Labute approximate surface area is 185 Å². The van der Waals surface area contributed by atoms with Crippen LogP contribution in [0.25, 0.3) is 10.6 Å². The Morgan fingerprint density at radius 3 is 2.71 bits per heavy atom. The fourth-order valence-corrected chi connectivity index (χ4v) is 4.93. The van der Waals surface area contributed by atoms with Crippen LogP contribution in [0.1, 0.15) is 41.4 Å². The molecule has 3 aromatic rings. The third-order valence-electron chi connectivity index (χ3n) is 5.73. The van der Waals surface area contributed by atoms with Crippen molar-refractivity contribution in [2.45, 2.75) is 25.3 Å². The van der Waals surface area contributed by atoms with E-state index in [-0.39, 0.29) is 11.9 Å². The van der Waals surface area contributed by atoms with Crippen molar-refractivity contribution in [1.29, 1.82) is 0 Å². The number of methoxy groups -OCH3 is 1. The van der Waals surface area contributed by atoms with Gasteiger partial charge in [-0.3, -0.25) is 4.79 Å². The van der Waals surface area contributed by atoms with E-state index in [1.165, 1.54) is 11.3 Å². The summed E-state index contributed by atoms with van der Waals surface area (Å²) in [5.74, 6) is 2.32. The van der Waals surface area contributed by atoms with Crippen LogP contribution in [-0.2, 0) is 0 Å². The van der Waals surface area contributed by atoms with E-state index in [9.17, 15) is 4.79 Å². The molecule has 0 unspecified atom stereocenters. The molecule has 1 saturated heterocycles. The van der Waals surface area contributed by atoms with Gasteiger partial charge in [-0.05, 0) is 54.8 Å². The molecule has 0 aliphatic carbocycles. The molecular formula is C24H24N2O4S. The molecule has 0 saturated carbocycles. The zero-order chi connectivity index (χ0) is 21.2. The van der Waals surface area contributed by atoms with E-state index in [0.717, 1.165) is 59.2 Å². The summed E-state index contributed by atoms with van der Waals surface area (Å²) in [5, 5.41) is 2.68. The fourth-order valence-electron chi connectivity index (χ4n) is 4.13. The lowest BCUT2D eigenvalue weighted by Crippen LogP contribution is -2.30. The highest BCUT2D eigenvalue weighted by molar-refractivity contribution is 7.13. The minimum Gasteiger partial charge on any atom is -0.497 e. The first kappa shape index (κ1) is 19.9. The molecule has 0 bridgehead atoms. The Kier molecular flexibility index (Phi) is 5.51. The van der Waals surface area contributed by atoms with Crippen LogP contribution in [0.5, 0.6) is 17.2 Å². The minimum absolute atomic E-state index is 0.0226. The van der Waals surface area contributed by atoms with E-state index in [2.05, 4.69) is 4.98 Å². The van der Waals surface area contributed by atoms with E-state index in [1.54, 1.807) is 7.11 Å². The first-order valence-corrected chi connectivity index (χ1v) is 11.4. The number of fused-ring (bicyclic) bond motifs is 1. The molecular weight excluding hydrogens is 412 g/mol. The Morgan fingerprint density at radius 2 is 1.90 bits per heavy atom. The third-order valence-corrected chi connectivity index (χ3v) is 6.62. The molecule has 31 heavy (non-hydrogen) atoms. The molecule has 2 aliphatic rings. The Hall–Kier alpha value is -3.06.